The van der Waals surface area contributed by atoms with Gasteiger partial charge in [0.25, 0.3) is 0 Å². The molecule has 4 heteroatoms. The highest BCUT2D eigenvalue weighted by molar-refractivity contribution is 5.79. The zero-order valence-corrected chi connectivity index (χ0v) is 16.0. The monoisotopic (exact) mass is 349 g/mol. The number of Topliss-reactive ketones (excluding diaryl/α,β-unsaturated/α-hetero) is 1. The van der Waals surface area contributed by atoms with Gasteiger partial charge in [0, 0.05) is 5.92 Å². The molecule has 8 atom stereocenters. The lowest BCUT2D eigenvalue weighted by atomic mass is 9.44. The molecule has 0 aromatic rings. The molecule has 25 heavy (non-hydrogen) atoms. The molecule has 0 amide bonds. The molecule has 0 heterocycles. The molecular formula is C21H33O4-. The summed E-state index contributed by atoms with van der Waals surface area (Å²) in [6, 6.07) is 0. The summed E-state index contributed by atoms with van der Waals surface area (Å²) in [5, 5.41) is 14.1. The summed E-state index contributed by atoms with van der Waals surface area (Å²) >= 11 is 0. The van der Waals surface area contributed by atoms with Crippen molar-refractivity contribution in [3.63, 3.8) is 0 Å². The van der Waals surface area contributed by atoms with Crippen LogP contribution in [0.4, 0.5) is 0 Å². The third-order valence-electron chi connectivity index (χ3n) is 9.28. The predicted octanol–water partition coefficient (Wildman–Crippen LogP) is 3.83. The van der Waals surface area contributed by atoms with Gasteiger partial charge in [0.05, 0.1) is 6.10 Å². The lowest BCUT2D eigenvalue weighted by Gasteiger charge is -2.61. The van der Waals surface area contributed by atoms with Crippen LogP contribution in [0.15, 0.2) is 0 Å². The zero-order chi connectivity index (χ0) is 17.8. The summed E-state index contributed by atoms with van der Waals surface area (Å²) in [4.78, 5) is 17.1. The van der Waals surface area contributed by atoms with Crippen molar-refractivity contribution in [1.29, 1.82) is 0 Å². The Morgan fingerprint density at radius 3 is 2.40 bits per heavy atom. The second kappa shape index (κ2) is 6.31. The summed E-state index contributed by atoms with van der Waals surface area (Å²) in [6.45, 7) is 6.72. The first-order valence-corrected chi connectivity index (χ1v) is 10.4. The molecule has 0 aliphatic heterocycles. The van der Waals surface area contributed by atoms with Crippen molar-refractivity contribution in [2.24, 2.45) is 40.4 Å². The van der Waals surface area contributed by atoms with E-state index in [1.54, 1.807) is 0 Å². The summed E-state index contributed by atoms with van der Waals surface area (Å²) in [6.07, 6.45) is 10.4. The molecule has 4 aliphatic carbocycles. The van der Waals surface area contributed by atoms with Gasteiger partial charge in [-0.2, -0.15) is 0 Å². The average molecular weight is 349 g/mol. The number of ketones is 1. The lowest BCUT2D eigenvalue weighted by Crippen LogP contribution is -2.54. The minimum atomic E-state index is -0.0189. The molecule has 142 valence electrons. The van der Waals surface area contributed by atoms with Gasteiger partial charge in [-0.15, -0.1) is 0 Å². The number of fused-ring (bicyclic) bond motifs is 5. The van der Waals surface area contributed by atoms with Crippen molar-refractivity contribution >= 4 is 5.78 Å². The van der Waals surface area contributed by atoms with Gasteiger partial charge in [-0.25, -0.2) is 4.89 Å². The molecule has 4 nitrogen and oxygen atoms in total. The fourth-order valence-electron chi connectivity index (χ4n) is 8.03. The van der Waals surface area contributed by atoms with Crippen molar-refractivity contribution in [1.82, 2.24) is 0 Å². The predicted molar refractivity (Wildman–Crippen MR) is 91.9 cm³/mol. The Balaban J connectivity index is 1.55. The molecule has 0 saturated heterocycles. The van der Waals surface area contributed by atoms with Gasteiger partial charge < -0.3 is 5.26 Å². The Bertz CT molecular complexity index is 534. The van der Waals surface area contributed by atoms with Crippen LogP contribution >= 0.6 is 0 Å². The zero-order valence-electron chi connectivity index (χ0n) is 16.0. The van der Waals surface area contributed by atoms with Gasteiger partial charge in [-0.05, 0) is 99.2 Å². The third-order valence-corrected chi connectivity index (χ3v) is 9.28. The van der Waals surface area contributed by atoms with E-state index in [0.29, 0.717) is 23.0 Å². The van der Waals surface area contributed by atoms with Crippen molar-refractivity contribution in [2.45, 2.75) is 84.7 Å². The van der Waals surface area contributed by atoms with E-state index in [1.165, 1.54) is 32.1 Å². The summed E-state index contributed by atoms with van der Waals surface area (Å²) in [5.74, 6) is 3.66. The van der Waals surface area contributed by atoms with Crippen LogP contribution in [0, 0.1) is 40.4 Å². The molecule has 4 saturated carbocycles. The van der Waals surface area contributed by atoms with Gasteiger partial charge in [-0.1, -0.05) is 13.8 Å². The molecule has 0 spiro atoms. The summed E-state index contributed by atoms with van der Waals surface area (Å²) in [5.41, 5.74) is 0.619. The number of carbonyl (C=O) groups excluding carboxylic acids is 1. The highest BCUT2D eigenvalue weighted by Gasteiger charge is 2.60. The second-order valence-electron chi connectivity index (χ2n) is 10.0. The maximum absolute atomic E-state index is 12.2. The number of rotatable bonds is 3. The number of carbonyl (C=O) groups is 1. The maximum atomic E-state index is 12.2. The molecule has 4 fully saturated rings. The maximum Gasteiger partial charge on any atom is 0.133 e. The van der Waals surface area contributed by atoms with Gasteiger partial charge in [-0.3, -0.25) is 9.83 Å². The van der Waals surface area contributed by atoms with Gasteiger partial charge in [0.1, 0.15) is 5.78 Å². The third kappa shape index (κ3) is 2.62. The van der Waals surface area contributed by atoms with E-state index in [0.717, 1.165) is 43.4 Å². The highest BCUT2D eigenvalue weighted by Crippen LogP contribution is 2.67. The molecule has 3 unspecified atom stereocenters. The Morgan fingerprint density at radius 1 is 0.960 bits per heavy atom. The van der Waals surface area contributed by atoms with Crippen LogP contribution in [0.5, 0.6) is 0 Å². The molecule has 4 aliphatic rings. The van der Waals surface area contributed by atoms with E-state index in [-0.39, 0.29) is 11.5 Å². The van der Waals surface area contributed by atoms with E-state index >= 15 is 0 Å². The van der Waals surface area contributed by atoms with Crippen molar-refractivity contribution in [2.75, 3.05) is 0 Å². The number of hydrogen-bond acceptors (Lipinski definition) is 4. The quantitative estimate of drug-likeness (QED) is 0.574. The van der Waals surface area contributed by atoms with Crippen LogP contribution in [-0.4, -0.2) is 11.9 Å². The Hall–Kier alpha value is -0.450. The highest BCUT2D eigenvalue weighted by atomic mass is 17.5. The largest absolute Gasteiger partial charge is 0.692 e. The topological polar surface area (TPSA) is 58.6 Å². The SMILES string of the molecule is CC(=O)[C@H]1CCC2C3CC[C@@H]4C[C@@H](OO[O-])CC[C@]4(C)C3CC[C@@]21C. The van der Waals surface area contributed by atoms with Crippen LogP contribution in [0.3, 0.4) is 0 Å². The van der Waals surface area contributed by atoms with Gasteiger partial charge >= 0.3 is 0 Å². The van der Waals surface area contributed by atoms with Crippen molar-refractivity contribution in [3.8, 4) is 0 Å². The lowest BCUT2D eigenvalue weighted by molar-refractivity contribution is -0.805. The number of hydrogen-bond donors (Lipinski definition) is 0. The standard InChI is InChI=1S/C21H34O4/c1-13(22)17-6-7-18-16-5-4-14-12-15(24-25-23)8-10-20(14,2)19(16)9-11-21(17,18)3/h14-19,23H,4-12H2,1-3H3/p-1/t14-,15+,16?,17-,18?,19?,20+,21-/m1/s1. The summed E-state index contributed by atoms with van der Waals surface area (Å²) < 4.78 is 0. The minimum absolute atomic E-state index is 0.0189. The van der Waals surface area contributed by atoms with Crippen molar-refractivity contribution < 1.29 is 20.0 Å². The molecule has 4 rings (SSSR count). The second-order valence-corrected chi connectivity index (χ2v) is 10.0. The van der Waals surface area contributed by atoms with Crippen LogP contribution in [0.25, 0.3) is 0 Å². The Labute approximate surface area is 151 Å². The molecular weight excluding hydrogens is 316 g/mol. The van der Waals surface area contributed by atoms with Crippen molar-refractivity contribution in [3.05, 3.63) is 0 Å². The Morgan fingerprint density at radius 2 is 1.68 bits per heavy atom. The first-order chi connectivity index (χ1) is 11.9. The molecule has 0 radical (unpaired) electrons. The van der Waals surface area contributed by atoms with Crippen LogP contribution in [0.2, 0.25) is 0 Å². The first kappa shape index (κ1) is 17.9. The van der Waals surface area contributed by atoms with Crippen LogP contribution in [0.1, 0.15) is 78.6 Å². The van der Waals surface area contributed by atoms with E-state index in [1.807, 2.05) is 6.92 Å². The molecule has 0 N–H and O–H groups in total. The van der Waals surface area contributed by atoms with E-state index in [2.05, 4.69) is 18.9 Å². The van der Waals surface area contributed by atoms with Gasteiger partial charge in [0.15, 0.2) is 0 Å². The van der Waals surface area contributed by atoms with Crippen LogP contribution < -0.4 is 5.26 Å². The minimum Gasteiger partial charge on any atom is -0.692 e. The van der Waals surface area contributed by atoms with Gasteiger partial charge in [0.2, 0.25) is 0 Å². The molecule has 0 bridgehead atoms. The average Bonchev–Trinajstić information content (AvgIpc) is 2.93. The van der Waals surface area contributed by atoms with E-state index in [4.69, 9.17) is 4.89 Å². The summed E-state index contributed by atoms with van der Waals surface area (Å²) in [7, 11) is 0. The fourth-order valence-corrected chi connectivity index (χ4v) is 8.03. The van der Waals surface area contributed by atoms with E-state index in [9.17, 15) is 10.1 Å². The molecule has 0 aromatic carbocycles. The first-order valence-electron chi connectivity index (χ1n) is 10.4. The Kier molecular flexibility index (Phi) is 4.53. The van der Waals surface area contributed by atoms with Crippen LogP contribution in [-0.2, 0) is 14.7 Å². The van der Waals surface area contributed by atoms with E-state index < -0.39 is 0 Å². The normalized spacial score (nSPS) is 52.2. The smallest absolute Gasteiger partial charge is 0.133 e. The molecule has 0 aromatic heterocycles. The fraction of sp³-hybridized carbons (Fsp3) is 0.952.